The summed E-state index contributed by atoms with van der Waals surface area (Å²) >= 11 is 0. The van der Waals surface area contributed by atoms with E-state index in [9.17, 15) is 0 Å². The normalized spacial score (nSPS) is 12.6. The van der Waals surface area contributed by atoms with Crippen LogP contribution in [0.15, 0.2) is 30.5 Å². The van der Waals surface area contributed by atoms with Crippen LogP contribution in [0, 0.1) is 6.92 Å². The molecule has 1 aromatic heterocycles. The standard InChI is InChI=1S/C14H21N5/c1-3-19-14(10-16-18-19)13(17-15)9-8-12-6-4-11(2)5-7-12/h4-7,10,13,17H,3,8-9,15H2,1-2H3. The van der Waals surface area contributed by atoms with E-state index >= 15 is 0 Å². The monoisotopic (exact) mass is 259 g/mol. The molecular formula is C14H21N5. The summed E-state index contributed by atoms with van der Waals surface area (Å²) < 4.78 is 1.87. The third-order valence-corrected chi connectivity index (χ3v) is 3.35. The molecule has 0 amide bonds. The number of aryl methyl sites for hydroxylation is 3. The van der Waals surface area contributed by atoms with Crippen LogP contribution >= 0.6 is 0 Å². The molecule has 2 rings (SSSR count). The SMILES string of the molecule is CCn1nncc1C(CCc1ccc(C)cc1)NN. The summed E-state index contributed by atoms with van der Waals surface area (Å²) in [5.41, 5.74) is 6.50. The Bertz CT molecular complexity index is 503. The highest BCUT2D eigenvalue weighted by molar-refractivity contribution is 5.21. The Balaban J connectivity index is 2.02. The van der Waals surface area contributed by atoms with E-state index in [4.69, 9.17) is 5.84 Å². The summed E-state index contributed by atoms with van der Waals surface area (Å²) in [6.45, 7) is 4.95. The van der Waals surface area contributed by atoms with Gasteiger partial charge >= 0.3 is 0 Å². The Labute approximate surface area is 113 Å². The molecule has 19 heavy (non-hydrogen) atoms. The molecule has 0 radical (unpaired) electrons. The molecule has 0 saturated carbocycles. The van der Waals surface area contributed by atoms with Crippen molar-refractivity contribution in [3.05, 3.63) is 47.3 Å². The second-order valence-electron chi connectivity index (χ2n) is 4.72. The minimum absolute atomic E-state index is 0.0799. The van der Waals surface area contributed by atoms with Crippen molar-refractivity contribution in [2.24, 2.45) is 5.84 Å². The molecule has 1 heterocycles. The van der Waals surface area contributed by atoms with E-state index in [0.717, 1.165) is 25.1 Å². The van der Waals surface area contributed by atoms with E-state index in [0.29, 0.717) is 0 Å². The first-order chi connectivity index (χ1) is 9.24. The Hall–Kier alpha value is -1.72. The van der Waals surface area contributed by atoms with Gasteiger partial charge in [-0.2, -0.15) is 0 Å². The molecule has 1 aromatic carbocycles. The summed E-state index contributed by atoms with van der Waals surface area (Å²) in [4.78, 5) is 0. The lowest BCUT2D eigenvalue weighted by Crippen LogP contribution is -2.30. The van der Waals surface area contributed by atoms with Crippen LogP contribution in [0.25, 0.3) is 0 Å². The number of rotatable bonds is 6. The van der Waals surface area contributed by atoms with E-state index in [1.54, 1.807) is 6.20 Å². The second-order valence-corrected chi connectivity index (χ2v) is 4.72. The number of nitrogens with one attached hydrogen (secondary N) is 1. The van der Waals surface area contributed by atoms with Gasteiger partial charge in [0, 0.05) is 6.54 Å². The number of hydrogen-bond donors (Lipinski definition) is 2. The third-order valence-electron chi connectivity index (χ3n) is 3.35. The third kappa shape index (κ3) is 3.39. The molecule has 2 aromatic rings. The molecule has 0 fully saturated rings. The summed E-state index contributed by atoms with van der Waals surface area (Å²) in [5.74, 6) is 5.66. The second kappa shape index (κ2) is 6.45. The first-order valence-corrected chi connectivity index (χ1v) is 6.64. The van der Waals surface area contributed by atoms with Crippen molar-refractivity contribution in [1.82, 2.24) is 20.4 Å². The van der Waals surface area contributed by atoms with Crippen LogP contribution in [0.1, 0.15) is 36.2 Å². The Morgan fingerprint density at radius 1 is 1.32 bits per heavy atom. The number of nitrogens with zero attached hydrogens (tertiary/aromatic N) is 3. The molecule has 0 aliphatic rings. The maximum Gasteiger partial charge on any atom is 0.0770 e. The van der Waals surface area contributed by atoms with Crippen molar-refractivity contribution in [2.75, 3.05) is 0 Å². The van der Waals surface area contributed by atoms with Gasteiger partial charge in [0.1, 0.15) is 0 Å². The van der Waals surface area contributed by atoms with Crippen LogP contribution in [0.2, 0.25) is 0 Å². The van der Waals surface area contributed by atoms with Gasteiger partial charge in [0.15, 0.2) is 0 Å². The first kappa shape index (κ1) is 13.7. The van der Waals surface area contributed by atoms with Crippen molar-refractivity contribution in [3.8, 4) is 0 Å². The van der Waals surface area contributed by atoms with Crippen LogP contribution in [0.4, 0.5) is 0 Å². The van der Waals surface area contributed by atoms with Crippen molar-refractivity contribution in [3.63, 3.8) is 0 Å². The lowest BCUT2D eigenvalue weighted by molar-refractivity contribution is 0.465. The Morgan fingerprint density at radius 2 is 2.05 bits per heavy atom. The molecule has 0 aliphatic heterocycles. The van der Waals surface area contributed by atoms with E-state index in [1.807, 2.05) is 11.6 Å². The van der Waals surface area contributed by atoms with Crippen LogP contribution in [0.5, 0.6) is 0 Å². The summed E-state index contributed by atoms with van der Waals surface area (Å²) in [6.07, 6.45) is 3.68. The van der Waals surface area contributed by atoms with Gasteiger partial charge in [-0.15, -0.1) is 5.10 Å². The molecule has 0 spiro atoms. The largest absolute Gasteiger partial charge is 0.271 e. The molecule has 5 heteroatoms. The fourth-order valence-electron chi connectivity index (χ4n) is 2.16. The smallest absolute Gasteiger partial charge is 0.0770 e. The zero-order valence-corrected chi connectivity index (χ0v) is 11.5. The lowest BCUT2D eigenvalue weighted by atomic mass is 10.0. The summed E-state index contributed by atoms with van der Waals surface area (Å²) in [5, 5.41) is 7.99. The van der Waals surface area contributed by atoms with Crippen LogP contribution < -0.4 is 11.3 Å². The van der Waals surface area contributed by atoms with Gasteiger partial charge in [-0.05, 0) is 32.3 Å². The van der Waals surface area contributed by atoms with Crippen LogP contribution in [0.3, 0.4) is 0 Å². The molecule has 102 valence electrons. The highest BCUT2D eigenvalue weighted by Gasteiger charge is 2.14. The van der Waals surface area contributed by atoms with Crippen molar-refractivity contribution >= 4 is 0 Å². The molecule has 3 N–H and O–H groups in total. The quantitative estimate of drug-likeness (QED) is 0.612. The fraction of sp³-hybridized carbons (Fsp3) is 0.429. The predicted molar refractivity (Wildman–Crippen MR) is 75.3 cm³/mol. The predicted octanol–water partition coefficient (Wildman–Crippen LogP) is 1.74. The summed E-state index contributed by atoms with van der Waals surface area (Å²) in [7, 11) is 0. The van der Waals surface area contributed by atoms with Gasteiger partial charge in [0.05, 0.1) is 17.9 Å². The molecule has 0 aliphatic carbocycles. The van der Waals surface area contributed by atoms with Gasteiger partial charge in [-0.3, -0.25) is 11.3 Å². The zero-order chi connectivity index (χ0) is 13.7. The van der Waals surface area contributed by atoms with E-state index < -0.39 is 0 Å². The average Bonchev–Trinajstić information content (AvgIpc) is 2.90. The number of hydrogen-bond acceptors (Lipinski definition) is 4. The van der Waals surface area contributed by atoms with E-state index in [2.05, 4.69) is 46.9 Å². The van der Waals surface area contributed by atoms with E-state index in [-0.39, 0.29) is 6.04 Å². The van der Waals surface area contributed by atoms with Gasteiger partial charge in [-0.1, -0.05) is 35.0 Å². The van der Waals surface area contributed by atoms with Crippen LogP contribution in [-0.2, 0) is 13.0 Å². The maximum atomic E-state index is 5.66. The van der Waals surface area contributed by atoms with Crippen LogP contribution in [-0.4, -0.2) is 15.0 Å². The molecule has 1 unspecified atom stereocenters. The van der Waals surface area contributed by atoms with Gasteiger partial charge < -0.3 is 0 Å². The van der Waals surface area contributed by atoms with Gasteiger partial charge in [0.2, 0.25) is 0 Å². The zero-order valence-electron chi connectivity index (χ0n) is 11.5. The molecule has 0 bridgehead atoms. The number of aromatic nitrogens is 3. The van der Waals surface area contributed by atoms with Crippen molar-refractivity contribution in [1.29, 1.82) is 0 Å². The number of nitrogens with two attached hydrogens (primary N) is 1. The Kier molecular flexibility index (Phi) is 4.65. The topological polar surface area (TPSA) is 68.8 Å². The highest BCUT2D eigenvalue weighted by atomic mass is 15.4. The fourth-order valence-corrected chi connectivity index (χ4v) is 2.16. The van der Waals surface area contributed by atoms with Crippen molar-refractivity contribution < 1.29 is 0 Å². The van der Waals surface area contributed by atoms with Gasteiger partial charge in [-0.25, -0.2) is 4.68 Å². The maximum absolute atomic E-state index is 5.66. The Morgan fingerprint density at radius 3 is 2.68 bits per heavy atom. The number of benzene rings is 1. The highest BCUT2D eigenvalue weighted by Crippen LogP contribution is 2.17. The molecule has 0 saturated heterocycles. The minimum atomic E-state index is 0.0799. The van der Waals surface area contributed by atoms with Crippen molar-refractivity contribution in [2.45, 2.75) is 39.3 Å². The minimum Gasteiger partial charge on any atom is -0.271 e. The van der Waals surface area contributed by atoms with E-state index in [1.165, 1.54) is 11.1 Å². The molecule has 5 nitrogen and oxygen atoms in total. The lowest BCUT2D eigenvalue weighted by Gasteiger charge is -2.16. The first-order valence-electron chi connectivity index (χ1n) is 6.64. The molecule has 1 atom stereocenters. The molecular weight excluding hydrogens is 238 g/mol. The average molecular weight is 259 g/mol. The van der Waals surface area contributed by atoms with Gasteiger partial charge in [0.25, 0.3) is 0 Å². The number of hydrazine groups is 1. The summed E-state index contributed by atoms with van der Waals surface area (Å²) in [6, 6.07) is 8.68.